The van der Waals surface area contributed by atoms with Crippen LogP contribution in [0.1, 0.15) is 36.9 Å². The normalized spacial score (nSPS) is 16.1. The summed E-state index contributed by atoms with van der Waals surface area (Å²) in [5.74, 6) is 0.240. The maximum absolute atomic E-state index is 12.7. The first-order chi connectivity index (χ1) is 13.4. The van der Waals surface area contributed by atoms with Crippen molar-refractivity contribution in [3.8, 4) is 5.75 Å². The summed E-state index contributed by atoms with van der Waals surface area (Å²) >= 11 is 0. The molecule has 2 aromatic carbocycles. The van der Waals surface area contributed by atoms with Crippen LogP contribution in [0.3, 0.4) is 0 Å². The number of carbonyl (C=O) groups is 1. The van der Waals surface area contributed by atoms with Crippen molar-refractivity contribution in [2.45, 2.75) is 32.2 Å². The van der Waals surface area contributed by atoms with Crippen LogP contribution >= 0.6 is 0 Å². The van der Waals surface area contributed by atoms with Gasteiger partial charge >= 0.3 is 0 Å². The van der Waals surface area contributed by atoms with E-state index in [0.717, 1.165) is 35.4 Å². The summed E-state index contributed by atoms with van der Waals surface area (Å²) in [4.78, 5) is 12.7. The molecule has 0 fully saturated rings. The summed E-state index contributed by atoms with van der Waals surface area (Å²) in [6.07, 6.45) is 3.95. The van der Waals surface area contributed by atoms with Crippen LogP contribution in [-0.2, 0) is 21.2 Å². The molecule has 1 atom stereocenters. The monoisotopic (exact) mass is 402 g/mol. The van der Waals surface area contributed by atoms with Crippen LogP contribution in [0.2, 0.25) is 0 Å². The van der Waals surface area contributed by atoms with E-state index in [0.29, 0.717) is 18.0 Å². The van der Waals surface area contributed by atoms with Crippen molar-refractivity contribution in [1.82, 2.24) is 5.32 Å². The van der Waals surface area contributed by atoms with Gasteiger partial charge in [0.15, 0.2) is 0 Å². The third-order valence-corrected chi connectivity index (χ3v) is 5.95. The smallest absolute Gasteiger partial charge is 0.241 e. The number of hydrogen-bond donors (Lipinski definition) is 1. The van der Waals surface area contributed by atoms with Gasteiger partial charge in [0.1, 0.15) is 12.3 Å². The standard InChI is InChI=1S/C21H26N2O4S/c1-3-27-18-11-7-10-17(14-18)23(28(2,25)26)15-21(24)22-20-13-6-9-16-8-4-5-12-19(16)20/h4-5,7-8,10-12,14,20H,3,6,9,13,15H2,1-2H3,(H,22,24)/t20-/m0/s1. The van der Waals surface area contributed by atoms with Gasteiger partial charge in [-0.25, -0.2) is 8.42 Å². The number of nitrogens with zero attached hydrogens (tertiary/aromatic N) is 1. The molecular formula is C21H26N2O4S. The Morgan fingerprint density at radius 3 is 2.75 bits per heavy atom. The van der Waals surface area contributed by atoms with Crippen LogP contribution in [0, 0.1) is 0 Å². The molecule has 1 aliphatic rings. The molecule has 2 aromatic rings. The van der Waals surface area contributed by atoms with Crippen LogP contribution in [-0.4, -0.2) is 33.7 Å². The first-order valence-electron chi connectivity index (χ1n) is 9.46. The zero-order chi connectivity index (χ0) is 20.1. The van der Waals surface area contributed by atoms with Gasteiger partial charge in [-0.3, -0.25) is 9.10 Å². The van der Waals surface area contributed by atoms with Crippen molar-refractivity contribution in [1.29, 1.82) is 0 Å². The summed E-state index contributed by atoms with van der Waals surface area (Å²) in [6.45, 7) is 2.06. The van der Waals surface area contributed by atoms with Crippen molar-refractivity contribution in [3.05, 3.63) is 59.7 Å². The van der Waals surface area contributed by atoms with Crippen LogP contribution < -0.4 is 14.4 Å². The zero-order valence-corrected chi connectivity index (χ0v) is 17.0. The second-order valence-electron chi connectivity index (χ2n) is 6.91. The molecule has 6 nitrogen and oxygen atoms in total. The molecule has 28 heavy (non-hydrogen) atoms. The average molecular weight is 403 g/mol. The molecule has 3 rings (SSSR count). The van der Waals surface area contributed by atoms with Crippen molar-refractivity contribution in [3.63, 3.8) is 0 Å². The third-order valence-electron chi connectivity index (χ3n) is 4.81. The number of hydrogen-bond acceptors (Lipinski definition) is 4. The van der Waals surface area contributed by atoms with E-state index >= 15 is 0 Å². The van der Waals surface area contributed by atoms with Crippen LogP contribution in [0.25, 0.3) is 0 Å². The van der Waals surface area contributed by atoms with E-state index < -0.39 is 10.0 Å². The molecular weight excluding hydrogens is 376 g/mol. The van der Waals surface area contributed by atoms with E-state index in [1.807, 2.05) is 25.1 Å². The van der Waals surface area contributed by atoms with Crippen molar-refractivity contribution in [2.24, 2.45) is 0 Å². The average Bonchev–Trinajstić information content (AvgIpc) is 2.66. The molecule has 0 bridgehead atoms. The van der Waals surface area contributed by atoms with E-state index in [2.05, 4.69) is 11.4 Å². The molecule has 1 amide bonds. The molecule has 0 aliphatic heterocycles. The molecule has 0 heterocycles. The molecule has 0 spiro atoms. The maximum Gasteiger partial charge on any atom is 0.241 e. The Morgan fingerprint density at radius 2 is 2.00 bits per heavy atom. The maximum atomic E-state index is 12.7. The number of sulfonamides is 1. The minimum atomic E-state index is -3.63. The summed E-state index contributed by atoms with van der Waals surface area (Å²) in [5.41, 5.74) is 2.77. The topological polar surface area (TPSA) is 75.7 Å². The van der Waals surface area contributed by atoms with Crippen LogP contribution in [0.4, 0.5) is 5.69 Å². The SMILES string of the molecule is CCOc1cccc(N(CC(=O)N[C@H]2CCCc3ccccc32)S(C)(=O)=O)c1. The second-order valence-corrected chi connectivity index (χ2v) is 8.82. The van der Waals surface area contributed by atoms with Gasteiger partial charge in [0.2, 0.25) is 15.9 Å². The lowest BCUT2D eigenvalue weighted by molar-refractivity contribution is -0.120. The molecule has 1 N–H and O–H groups in total. The third kappa shape index (κ3) is 4.84. The van der Waals surface area contributed by atoms with E-state index in [9.17, 15) is 13.2 Å². The van der Waals surface area contributed by atoms with Gasteiger partial charge in [-0.2, -0.15) is 0 Å². The summed E-state index contributed by atoms with van der Waals surface area (Å²) in [5, 5.41) is 3.01. The van der Waals surface area contributed by atoms with Gasteiger partial charge in [-0.1, -0.05) is 30.3 Å². The minimum Gasteiger partial charge on any atom is -0.494 e. The predicted octanol–water partition coefficient (Wildman–Crippen LogP) is 3.05. The first kappa shape index (κ1) is 20.2. The molecule has 0 radical (unpaired) electrons. The van der Waals surface area contributed by atoms with Gasteiger partial charge in [0.05, 0.1) is 24.6 Å². The van der Waals surface area contributed by atoms with Gasteiger partial charge in [0.25, 0.3) is 0 Å². The first-order valence-corrected chi connectivity index (χ1v) is 11.3. The van der Waals surface area contributed by atoms with Gasteiger partial charge in [-0.15, -0.1) is 0 Å². The fraction of sp³-hybridized carbons (Fsp3) is 0.381. The fourth-order valence-electron chi connectivity index (χ4n) is 3.57. The fourth-order valence-corrected chi connectivity index (χ4v) is 4.42. The molecule has 0 unspecified atom stereocenters. The van der Waals surface area contributed by atoms with E-state index in [1.54, 1.807) is 24.3 Å². The van der Waals surface area contributed by atoms with Crippen molar-refractivity contribution >= 4 is 21.6 Å². The number of rotatable bonds is 7. The lowest BCUT2D eigenvalue weighted by Gasteiger charge is -2.28. The number of nitrogens with one attached hydrogen (secondary N) is 1. The molecule has 0 saturated heterocycles. The molecule has 0 saturated carbocycles. The predicted molar refractivity (Wildman–Crippen MR) is 110 cm³/mol. The molecule has 0 aromatic heterocycles. The Hall–Kier alpha value is -2.54. The van der Waals surface area contributed by atoms with Gasteiger partial charge in [0, 0.05) is 6.07 Å². The number of benzene rings is 2. The Balaban J connectivity index is 1.77. The van der Waals surface area contributed by atoms with Crippen LogP contribution in [0.15, 0.2) is 48.5 Å². The lowest BCUT2D eigenvalue weighted by Crippen LogP contribution is -2.42. The highest BCUT2D eigenvalue weighted by atomic mass is 32.2. The van der Waals surface area contributed by atoms with E-state index in [4.69, 9.17) is 4.74 Å². The summed E-state index contributed by atoms with van der Waals surface area (Å²) < 4.78 is 31.2. The highest BCUT2D eigenvalue weighted by Gasteiger charge is 2.25. The Bertz CT molecular complexity index is 943. The molecule has 150 valence electrons. The minimum absolute atomic E-state index is 0.0892. The summed E-state index contributed by atoms with van der Waals surface area (Å²) in [7, 11) is -3.63. The highest BCUT2D eigenvalue weighted by molar-refractivity contribution is 7.92. The van der Waals surface area contributed by atoms with Crippen molar-refractivity contribution < 1.29 is 17.9 Å². The summed E-state index contributed by atoms with van der Waals surface area (Å²) in [6, 6.07) is 14.7. The number of anilines is 1. The number of ether oxygens (including phenoxy) is 1. The van der Waals surface area contributed by atoms with Crippen LogP contribution in [0.5, 0.6) is 5.75 Å². The quantitative estimate of drug-likeness (QED) is 0.772. The lowest BCUT2D eigenvalue weighted by atomic mass is 9.88. The number of fused-ring (bicyclic) bond motifs is 1. The number of aryl methyl sites for hydroxylation is 1. The van der Waals surface area contributed by atoms with E-state index in [1.165, 1.54) is 5.56 Å². The molecule has 7 heteroatoms. The van der Waals surface area contributed by atoms with Crippen molar-refractivity contribution in [2.75, 3.05) is 23.7 Å². The largest absolute Gasteiger partial charge is 0.494 e. The number of amides is 1. The van der Waals surface area contributed by atoms with E-state index in [-0.39, 0.29) is 18.5 Å². The Kier molecular flexibility index (Phi) is 6.24. The second kappa shape index (κ2) is 8.65. The molecule has 1 aliphatic carbocycles. The zero-order valence-electron chi connectivity index (χ0n) is 16.2. The highest BCUT2D eigenvalue weighted by Crippen LogP contribution is 2.29. The Morgan fingerprint density at radius 1 is 1.21 bits per heavy atom. The Labute approximate surface area is 166 Å². The van der Waals surface area contributed by atoms with Gasteiger partial charge < -0.3 is 10.1 Å². The number of carbonyl (C=O) groups excluding carboxylic acids is 1. The van der Waals surface area contributed by atoms with Gasteiger partial charge in [-0.05, 0) is 49.4 Å².